The van der Waals surface area contributed by atoms with Gasteiger partial charge in [-0.25, -0.2) is 0 Å². The van der Waals surface area contributed by atoms with Crippen LogP contribution in [0.4, 0.5) is 5.69 Å². The lowest BCUT2D eigenvalue weighted by Crippen LogP contribution is -2.47. The maximum absolute atomic E-state index is 13.9. The molecule has 12 heteroatoms. The molecule has 4 N–H and O–H groups in total. The van der Waals surface area contributed by atoms with Crippen molar-refractivity contribution < 1.29 is 19.2 Å². The van der Waals surface area contributed by atoms with Crippen LogP contribution < -0.4 is 21.3 Å². The normalized spacial score (nSPS) is 17.7. The second-order valence-corrected chi connectivity index (χ2v) is 12.2. The molecule has 2 aliphatic rings. The molecule has 0 saturated heterocycles. The van der Waals surface area contributed by atoms with E-state index in [1.807, 2.05) is 36.4 Å². The molecule has 0 spiro atoms. The first-order valence-corrected chi connectivity index (χ1v) is 15.8. The Labute approximate surface area is 277 Å². The predicted octanol–water partition coefficient (Wildman–Crippen LogP) is 3.94. The number of benzene rings is 3. The van der Waals surface area contributed by atoms with Gasteiger partial charge in [0.05, 0.1) is 11.3 Å². The minimum absolute atomic E-state index is 0.185. The van der Waals surface area contributed by atoms with Crippen LogP contribution >= 0.6 is 24.2 Å². The molecule has 3 heterocycles. The summed E-state index contributed by atoms with van der Waals surface area (Å²) in [4.78, 5) is 52.5. The van der Waals surface area contributed by atoms with Crippen molar-refractivity contribution in [3.05, 3.63) is 106 Å². The largest absolute Gasteiger partial charge is 0.357 e. The van der Waals surface area contributed by atoms with E-state index in [1.165, 1.54) is 17.9 Å². The zero-order chi connectivity index (χ0) is 32.8. The molecular weight excluding hydrogens is 624 g/mol. The highest BCUT2D eigenvalue weighted by Crippen LogP contribution is 2.30. The third-order valence-electron chi connectivity index (χ3n) is 8.00. The lowest BCUT2D eigenvalue weighted by molar-refractivity contribution is -0.128. The number of aryl methyl sites for hydroxylation is 2. The van der Waals surface area contributed by atoms with E-state index in [0.717, 1.165) is 22.3 Å². The van der Waals surface area contributed by atoms with Gasteiger partial charge in [-0.05, 0) is 71.0 Å². The van der Waals surface area contributed by atoms with Gasteiger partial charge in [0.1, 0.15) is 11.7 Å². The van der Waals surface area contributed by atoms with Crippen molar-refractivity contribution in [1.29, 1.82) is 0 Å². The number of carbonyl (C=O) groups is 4. The van der Waals surface area contributed by atoms with Crippen LogP contribution in [0.25, 0.3) is 11.1 Å². The van der Waals surface area contributed by atoms with E-state index in [4.69, 9.17) is 24.2 Å². The zero-order valence-corrected chi connectivity index (χ0v) is 27.1. The summed E-state index contributed by atoms with van der Waals surface area (Å²) in [5, 5.41) is 14.9. The number of aromatic nitrogens is 2. The molecule has 2 aliphatic heterocycles. The van der Waals surface area contributed by atoms with Crippen LogP contribution in [0.5, 0.6) is 0 Å². The molecule has 3 atom stereocenters. The van der Waals surface area contributed by atoms with E-state index in [-0.39, 0.29) is 37.0 Å². The van der Waals surface area contributed by atoms with Crippen LogP contribution in [0, 0.1) is 5.92 Å². The summed E-state index contributed by atoms with van der Waals surface area (Å²) < 4.78 is 1.44. The Hall–Kier alpha value is -4.61. The molecular formula is C34H35ClN6O4S. The number of carbonyl (C=O) groups excluding carboxylic acids is 4. The third-order valence-corrected chi connectivity index (χ3v) is 8.85. The number of likely N-dealkylation sites (N-methyl/N-ethyl adjacent to an activating group) is 1. The van der Waals surface area contributed by atoms with Gasteiger partial charge in [-0.15, -0.1) is 0 Å². The number of anilines is 1. The average molecular weight is 659 g/mol. The number of rotatable bonds is 4. The van der Waals surface area contributed by atoms with Crippen molar-refractivity contribution in [3.8, 4) is 11.1 Å². The van der Waals surface area contributed by atoms with E-state index in [0.29, 0.717) is 28.4 Å². The van der Waals surface area contributed by atoms with Crippen LogP contribution in [-0.2, 0) is 40.7 Å². The second kappa shape index (κ2) is 14.7. The molecule has 0 aliphatic carbocycles. The highest BCUT2D eigenvalue weighted by Gasteiger charge is 2.30. The van der Waals surface area contributed by atoms with E-state index < -0.39 is 23.2 Å². The highest BCUT2D eigenvalue weighted by molar-refractivity contribution is 7.81. The topological polar surface area (TPSA) is 134 Å². The maximum atomic E-state index is 13.9. The van der Waals surface area contributed by atoms with Gasteiger partial charge in [-0.2, -0.15) is 17.7 Å². The first-order chi connectivity index (χ1) is 22.1. The molecule has 4 amide bonds. The van der Waals surface area contributed by atoms with Crippen molar-refractivity contribution in [3.63, 3.8) is 0 Å². The van der Waals surface area contributed by atoms with Crippen LogP contribution in [0.15, 0.2) is 79.0 Å². The van der Waals surface area contributed by atoms with Crippen LogP contribution in [0.1, 0.15) is 33.6 Å². The molecule has 0 fully saturated rings. The molecule has 6 rings (SSSR count). The summed E-state index contributed by atoms with van der Waals surface area (Å²) in [6.45, 7) is 0. The Morgan fingerprint density at radius 1 is 0.978 bits per heavy atom. The number of hydrogen-bond acceptors (Lipinski definition) is 6. The highest BCUT2D eigenvalue weighted by atomic mass is 35.5. The average Bonchev–Trinajstić information content (AvgIpc) is 3.49. The Bertz CT molecular complexity index is 1760. The van der Waals surface area contributed by atoms with Crippen molar-refractivity contribution in [2.75, 3.05) is 12.4 Å². The Morgan fingerprint density at radius 3 is 2.46 bits per heavy atom. The molecule has 0 radical (unpaired) electrons. The molecule has 10 nitrogen and oxygen atoms in total. The maximum Gasteiger partial charge on any atom is 0.270 e. The number of thiol groups is 1. The minimum Gasteiger partial charge on any atom is -0.357 e. The van der Waals surface area contributed by atoms with E-state index >= 15 is 0 Å². The van der Waals surface area contributed by atoms with E-state index in [9.17, 15) is 19.2 Å². The molecule has 0 unspecified atom stereocenters. The van der Waals surface area contributed by atoms with Crippen LogP contribution in [-0.4, -0.2) is 51.9 Å². The number of amides is 4. The minimum atomic E-state index is -0.875. The van der Waals surface area contributed by atoms with Gasteiger partial charge in [-0.1, -0.05) is 54.1 Å². The molecule has 0 saturated carbocycles. The smallest absolute Gasteiger partial charge is 0.270 e. The van der Waals surface area contributed by atoms with Gasteiger partial charge in [0.2, 0.25) is 17.7 Å². The summed E-state index contributed by atoms with van der Waals surface area (Å²) >= 11 is 11.4. The van der Waals surface area contributed by atoms with Gasteiger partial charge in [0.15, 0.2) is 0 Å². The quantitative estimate of drug-likeness (QED) is 0.167. The van der Waals surface area contributed by atoms with Crippen LogP contribution in [0.3, 0.4) is 0 Å². The first kappa shape index (κ1) is 32.8. The van der Waals surface area contributed by atoms with Crippen LogP contribution in [0.2, 0.25) is 5.02 Å². The van der Waals surface area contributed by atoms with Gasteiger partial charge >= 0.3 is 0 Å². The molecule has 238 valence electrons. The number of fused-ring (bicyclic) bond motifs is 10. The Balaban J connectivity index is 1.51. The van der Waals surface area contributed by atoms with Crippen molar-refractivity contribution >= 4 is 53.5 Å². The fourth-order valence-electron chi connectivity index (χ4n) is 5.41. The molecule has 3 aromatic carbocycles. The van der Waals surface area contributed by atoms with Gasteiger partial charge in [0.25, 0.3) is 5.91 Å². The summed E-state index contributed by atoms with van der Waals surface area (Å²) in [6, 6.07) is 21.3. The predicted molar refractivity (Wildman–Crippen MR) is 181 cm³/mol. The molecule has 6 bridgehead atoms. The second-order valence-electron chi connectivity index (χ2n) is 11.2. The molecule has 46 heavy (non-hydrogen) atoms. The van der Waals surface area contributed by atoms with E-state index in [2.05, 4.69) is 26.4 Å². The van der Waals surface area contributed by atoms with E-state index in [1.54, 1.807) is 43.4 Å². The summed E-state index contributed by atoms with van der Waals surface area (Å²) in [6.07, 6.45) is 2.66. The van der Waals surface area contributed by atoms with Gasteiger partial charge in [-0.3, -0.25) is 23.9 Å². The lowest BCUT2D eigenvalue weighted by Gasteiger charge is -2.25. The number of nitrogens with one attached hydrogen (secondary N) is 4. The monoisotopic (exact) mass is 658 g/mol. The lowest BCUT2D eigenvalue weighted by atomic mass is 9.93. The van der Waals surface area contributed by atoms with Gasteiger partial charge < -0.3 is 21.3 Å². The summed E-state index contributed by atoms with van der Waals surface area (Å²) in [5.74, 6) is -2.14. The Kier molecular flexibility index (Phi) is 10.4. The van der Waals surface area contributed by atoms with Crippen molar-refractivity contribution in [1.82, 2.24) is 25.7 Å². The number of halogens is 1. The van der Waals surface area contributed by atoms with Crippen molar-refractivity contribution in [2.45, 2.75) is 37.1 Å². The number of hydrogen-bond donors (Lipinski definition) is 5. The zero-order valence-electron chi connectivity index (χ0n) is 25.4. The third kappa shape index (κ3) is 7.96. The fraction of sp³-hybridized carbons (Fsp3) is 0.265. The fourth-order valence-corrected chi connectivity index (χ4v) is 5.96. The first-order valence-electron chi connectivity index (χ1n) is 14.9. The number of nitrogens with zero attached hydrogens (tertiary/aromatic N) is 2. The summed E-state index contributed by atoms with van der Waals surface area (Å²) in [5.41, 5.74) is 5.10. The van der Waals surface area contributed by atoms with Crippen molar-refractivity contribution in [2.24, 2.45) is 13.0 Å². The molecule has 4 aromatic rings. The Morgan fingerprint density at radius 2 is 1.74 bits per heavy atom. The molecule has 1 aromatic heterocycles. The standard InChI is InChI=1S/C34H35ClN6O4S/c1-36-32(44)28-17-21-6-10-25(11-7-21)38-31(43)26(34(46)40-33(45)29-14-15-37-41(29)2)19-24-18-23(9-12-27(24)35)22-5-3-4-20(16-22)8-13-30(42)39-28/h3-7,9-12,14-16,18,26,28,34,46H,8,13,17,19H2,1-2H3,(H,36,44)(H,38,43)(H,39,42)(H,40,45)/t26-,28+,34+/m0/s1. The van der Waals surface area contributed by atoms with Gasteiger partial charge in [0, 0.05) is 43.8 Å². The SMILES string of the molecule is CNC(=O)[C@H]1Cc2ccc(cc2)NC(=O)[C@@H]([C@@H](S)NC(=O)c2ccnn2C)Cc2cc(ccc2Cl)-c2cccc(c2)CCC(=O)N1. The summed E-state index contributed by atoms with van der Waals surface area (Å²) in [7, 11) is 3.19.